The molecular formula is C37H45N3O3. The summed E-state index contributed by atoms with van der Waals surface area (Å²) in [5.74, 6) is 1.03. The number of nitrogens with one attached hydrogen (secondary N) is 1. The summed E-state index contributed by atoms with van der Waals surface area (Å²) >= 11 is 0. The zero-order valence-electron chi connectivity index (χ0n) is 26.2. The van der Waals surface area contributed by atoms with Gasteiger partial charge in [0.1, 0.15) is 5.75 Å². The van der Waals surface area contributed by atoms with Gasteiger partial charge in [0.2, 0.25) is 5.91 Å². The van der Waals surface area contributed by atoms with Gasteiger partial charge >= 0.3 is 0 Å². The molecule has 0 spiro atoms. The molecule has 2 aliphatic rings. The van der Waals surface area contributed by atoms with Crippen molar-refractivity contribution < 1.29 is 14.3 Å². The molecule has 43 heavy (non-hydrogen) atoms. The molecule has 0 aliphatic carbocycles. The Balaban J connectivity index is 1.34. The van der Waals surface area contributed by atoms with E-state index in [4.69, 9.17) is 4.74 Å². The number of carbonyl (C=O) groups is 2. The highest BCUT2D eigenvalue weighted by atomic mass is 16.5. The van der Waals surface area contributed by atoms with Gasteiger partial charge in [0.25, 0.3) is 5.91 Å². The van der Waals surface area contributed by atoms with E-state index in [2.05, 4.69) is 74.6 Å². The van der Waals surface area contributed by atoms with E-state index < -0.39 is 0 Å². The molecule has 2 aliphatic heterocycles. The highest BCUT2D eigenvalue weighted by molar-refractivity contribution is 6.03. The first-order chi connectivity index (χ1) is 20.6. The Labute approximate surface area is 256 Å². The summed E-state index contributed by atoms with van der Waals surface area (Å²) in [6.45, 7) is 10.6. The minimum Gasteiger partial charge on any atom is -0.493 e. The molecule has 1 fully saturated rings. The van der Waals surface area contributed by atoms with Crippen LogP contribution in [0.25, 0.3) is 5.57 Å². The Morgan fingerprint density at radius 3 is 2.28 bits per heavy atom. The average Bonchev–Trinajstić information content (AvgIpc) is 2.99. The van der Waals surface area contributed by atoms with Crippen LogP contribution in [-0.2, 0) is 27.8 Å². The van der Waals surface area contributed by atoms with Crippen molar-refractivity contribution in [2.75, 3.05) is 33.3 Å². The normalized spacial score (nSPS) is 18.4. The molecule has 6 heteroatoms. The molecule has 226 valence electrons. The van der Waals surface area contributed by atoms with Crippen LogP contribution < -0.4 is 10.1 Å². The third-order valence-electron chi connectivity index (χ3n) is 8.65. The van der Waals surface area contributed by atoms with Gasteiger partial charge in [0, 0.05) is 51.6 Å². The highest BCUT2D eigenvalue weighted by Crippen LogP contribution is 2.35. The number of hydrogen-bond acceptors (Lipinski definition) is 4. The summed E-state index contributed by atoms with van der Waals surface area (Å²) in [4.78, 5) is 30.0. The van der Waals surface area contributed by atoms with Crippen LogP contribution in [0, 0.1) is 0 Å². The molecule has 5 rings (SSSR count). The van der Waals surface area contributed by atoms with Gasteiger partial charge in [-0.15, -0.1) is 0 Å². The number of ether oxygens (including phenoxy) is 1. The second-order valence-electron chi connectivity index (χ2n) is 12.9. The maximum Gasteiger partial charge on any atom is 0.251 e. The second-order valence-corrected chi connectivity index (χ2v) is 12.9. The SMILES string of the molecule is CC(=O)N1CC2CC(c3ccc(CCOc4ccccc4C(C)(C)C)cc3)=C(C(=O)N(C)CCc3ccccc3)[C@@H](C1)N2. The first-order valence-electron chi connectivity index (χ1n) is 15.5. The highest BCUT2D eigenvalue weighted by Gasteiger charge is 2.39. The Morgan fingerprint density at radius 2 is 1.58 bits per heavy atom. The van der Waals surface area contributed by atoms with E-state index in [1.54, 1.807) is 6.92 Å². The van der Waals surface area contributed by atoms with Crippen LogP contribution in [0.4, 0.5) is 0 Å². The molecule has 1 saturated heterocycles. The largest absolute Gasteiger partial charge is 0.493 e. The number of nitrogens with zero attached hydrogens (tertiary/aromatic N) is 2. The third-order valence-corrected chi connectivity index (χ3v) is 8.65. The Kier molecular flexibility index (Phi) is 9.36. The van der Waals surface area contributed by atoms with Gasteiger partial charge in [-0.2, -0.15) is 0 Å². The van der Waals surface area contributed by atoms with Crippen molar-refractivity contribution in [3.63, 3.8) is 0 Å². The minimum absolute atomic E-state index is 0.0192. The molecule has 0 radical (unpaired) electrons. The van der Waals surface area contributed by atoms with Crippen molar-refractivity contribution in [3.05, 3.63) is 107 Å². The third kappa shape index (κ3) is 7.37. The minimum atomic E-state index is -0.186. The molecule has 0 saturated carbocycles. The second kappa shape index (κ2) is 13.2. The first kappa shape index (κ1) is 30.6. The van der Waals surface area contributed by atoms with E-state index in [9.17, 15) is 9.59 Å². The Morgan fingerprint density at radius 1 is 0.907 bits per heavy atom. The van der Waals surface area contributed by atoms with Crippen molar-refractivity contribution in [1.29, 1.82) is 0 Å². The van der Waals surface area contributed by atoms with Crippen molar-refractivity contribution in [3.8, 4) is 5.75 Å². The molecule has 2 atom stereocenters. The zero-order valence-corrected chi connectivity index (χ0v) is 26.2. The van der Waals surface area contributed by atoms with E-state index >= 15 is 0 Å². The van der Waals surface area contributed by atoms with Gasteiger partial charge in [-0.3, -0.25) is 9.59 Å². The van der Waals surface area contributed by atoms with Crippen molar-refractivity contribution in [2.45, 2.75) is 64.5 Å². The zero-order chi connectivity index (χ0) is 30.6. The molecule has 2 heterocycles. The summed E-state index contributed by atoms with van der Waals surface area (Å²) in [7, 11) is 1.88. The standard InChI is InChI=1S/C37H45N3O3/c1-26(41)40-24-30-23-31(35(33(25-40)38-30)36(42)39(5)21-19-27-11-7-6-8-12-27)29-17-15-28(16-18-29)20-22-43-34-14-10-9-13-32(34)37(2,3)4/h6-18,30,33,38H,19-25H2,1-5H3/t30?,33-/m1/s1. The van der Waals surface area contributed by atoms with Crippen LogP contribution in [0.15, 0.2) is 84.4 Å². The fourth-order valence-electron chi connectivity index (χ4n) is 6.24. The molecule has 6 nitrogen and oxygen atoms in total. The van der Waals surface area contributed by atoms with Crippen molar-refractivity contribution >= 4 is 17.4 Å². The summed E-state index contributed by atoms with van der Waals surface area (Å²) < 4.78 is 6.22. The lowest BCUT2D eigenvalue weighted by Crippen LogP contribution is -2.61. The van der Waals surface area contributed by atoms with Crippen LogP contribution in [0.3, 0.4) is 0 Å². The number of likely N-dealkylation sites (N-methyl/N-ethyl adjacent to an activating group) is 1. The molecule has 1 N–H and O–H groups in total. The molecule has 1 unspecified atom stereocenters. The quantitative estimate of drug-likeness (QED) is 0.356. The molecule has 3 aromatic carbocycles. The van der Waals surface area contributed by atoms with Crippen LogP contribution >= 0.6 is 0 Å². The van der Waals surface area contributed by atoms with Crippen LogP contribution in [0.1, 0.15) is 56.4 Å². The maximum atomic E-state index is 14.0. The smallest absolute Gasteiger partial charge is 0.251 e. The average molecular weight is 580 g/mol. The molecular weight excluding hydrogens is 534 g/mol. The first-order valence-corrected chi connectivity index (χ1v) is 15.5. The summed E-state index contributed by atoms with van der Waals surface area (Å²) in [6, 6.07) is 27.1. The number of para-hydroxylation sites is 1. The van der Waals surface area contributed by atoms with E-state index in [0.29, 0.717) is 32.7 Å². The van der Waals surface area contributed by atoms with Crippen LogP contribution in [0.2, 0.25) is 0 Å². The van der Waals surface area contributed by atoms with Gasteiger partial charge in [0.05, 0.1) is 12.6 Å². The van der Waals surface area contributed by atoms with E-state index in [-0.39, 0.29) is 29.3 Å². The van der Waals surface area contributed by atoms with Crippen LogP contribution in [-0.4, -0.2) is 67.0 Å². The summed E-state index contributed by atoms with van der Waals surface area (Å²) in [6.07, 6.45) is 2.30. The molecule has 0 aromatic heterocycles. The van der Waals surface area contributed by atoms with Gasteiger partial charge in [0.15, 0.2) is 0 Å². The van der Waals surface area contributed by atoms with E-state index in [0.717, 1.165) is 35.3 Å². The lowest BCUT2D eigenvalue weighted by Gasteiger charge is -2.44. The topological polar surface area (TPSA) is 61.9 Å². The monoisotopic (exact) mass is 579 g/mol. The van der Waals surface area contributed by atoms with Crippen molar-refractivity contribution in [2.24, 2.45) is 0 Å². The molecule has 3 aromatic rings. The lowest BCUT2D eigenvalue weighted by atomic mass is 9.82. The fraction of sp³-hybridized carbons (Fsp3) is 0.405. The predicted molar refractivity (Wildman–Crippen MR) is 173 cm³/mol. The number of piperazine rings is 1. The number of amides is 2. The maximum absolute atomic E-state index is 14.0. The Bertz CT molecular complexity index is 1460. The van der Waals surface area contributed by atoms with E-state index in [1.807, 2.05) is 47.2 Å². The van der Waals surface area contributed by atoms with Gasteiger partial charge in [-0.1, -0.05) is 93.6 Å². The lowest BCUT2D eigenvalue weighted by molar-refractivity contribution is -0.132. The fourth-order valence-corrected chi connectivity index (χ4v) is 6.24. The van der Waals surface area contributed by atoms with Crippen LogP contribution in [0.5, 0.6) is 5.75 Å². The summed E-state index contributed by atoms with van der Waals surface area (Å²) in [5, 5.41) is 3.65. The van der Waals surface area contributed by atoms with Crippen molar-refractivity contribution in [1.82, 2.24) is 15.1 Å². The number of carbonyl (C=O) groups excluding carboxylic acids is 2. The van der Waals surface area contributed by atoms with Gasteiger partial charge in [-0.05, 0) is 52.1 Å². The van der Waals surface area contributed by atoms with E-state index in [1.165, 1.54) is 16.7 Å². The number of fused-ring (bicyclic) bond motifs is 2. The number of hydrogen-bond donors (Lipinski definition) is 1. The summed E-state index contributed by atoms with van der Waals surface area (Å²) in [5.41, 5.74) is 6.59. The van der Waals surface area contributed by atoms with Gasteiger partial charge < -0.3 is 19.9 Å². The van der Waals surface area contributed by atoms with Gasteiger partial charge in [-0.25, -0.2) is 0 Å². The number of rotatable bonds is 9. The predicted octanol–water partition coefficient (Wildman–Crippen LogP) is 5.65. The molecule has 2 amide bonds. The number of benzene rings is 3. The Hall–Kier alpha value is -3.90. The molecule has 2 bridgehead atoms.